The van der Waals surface area contributed by atoms with Crippen LogP contribution in [0.3, 0.4) is 0 Å². The van der Waals surface area contributed by atoms with Gasteiger partial charge in [0.2, 0.25) is 0 Å². The Labute approximate surface area is 291 Å². The van der Waals surface area contributed by atoms with Crippen molar-refractivity contribution in [3.63, 3.8) is 0 Å². The summed E-state index contributed by atoms with van der Waals surface area (Å²) in [7, 11) is 4.12. The zero-order valence-electron chi connectivity index (χ0n) is 28.5. The van der Waals surface area contributed by atoms with Crippen molar-refractivity contribution in [1.29, 1.82) is 0 Å². The van der Waals surface area contributed by atoms with Crippen LogP contribution in [0, 0.1) is 0 Å². The monoisotopic (exact) mass is 699 g/mol. The van der Waals surface area contributed by atoms with E-state index in [0.29, 0.717) is 12.1 Å². The standard InChI is InChI=1S/C36H45ClF3N7O2/c1-5-46(6-2)19-17-45(4)25-27-9-7-10-28(21-27)34(48)42-33-14-12-29(47-16-8-15-44(3)18-20-47)23-30(33)35(49)43-41-24-26-11-13-32(37)31(22-26)36(38,39)40/h7,9-14,21-24H,5-6,8,15-20,25H2,1-4H3,(H,42,48)(H,43,49)/b41-24+. The summed E-state index contributed by atoms with van der Waals surface area (Å²) in [5.74, 6) is -1.01. The molecule has 1 aliphatic rings. The summed E-state index contributed by atoms with van der Waals surface area (Å²) < 4.78 is 40.0. The Balaban J connectivity index is 1.54. The molecule has 2 N–H and O–H groups in total. The zero-order valence-corrected chi connectivity index (χ0v) is 29.2. The fourth-order valence-electron chi connectivity index (χ4n) is 5.64. The van der Waals surface area contributed by atoms with Crippen LogP contribution in [-0.2, 0) is 12.7 Å². The summed E-state index contributed by atoms with van der Waals surface area (Å²) >= 11 is 5.73. The van der Waals surface area contributed by atoms with Crippen molar-refractivity contribution >= 4 is 41.0 Å². The first-order valence-electron chi connectivity index (χ1n) is 16.5. The molecule has 0 saturated carbocycles. The molecule has 9 nitrogen and oxygen atoms in total. The minimum Gasteiger partial charge on any atom is -0.370 e. The van der Waals surface area contributed by atoms with Gasteiger partial charge in [0, 0.05) is 50.5 Å². The van der Waals surface area contributed by atoms with Crippen molar-refractivity contribution in [2.24, 2.45) is 5.10 Å². The van der Waals surface area contributed by atoms with E-state index in [9.17, 15) is 22.8 Å². The van der Waals surface area contributed by atoms with E-state index < -0.39 is 22.7 Å². The molecule has 13 heteroatoms. The Hall–Kier alpha value is -3.97. The van der Waals surface area contributed by atoms with Crippen LogP contribution in [0.5, 0.6) is 0 Å². The molecule has 0 bridgehead atoms. The number of benzene rings is 3. The van der Waals surface area contributed by atoms with Crippen LogP contribution in [0.1, 0.15) is 57.7 Å². The third kappa shape index (κ3) is 11.0. The number of amides is 2. The molecule has 0 spiro atoms. The number of anilines is 2. The first-order chi connectivity index (χ1) is 23.4. The lowest BCUT2D eigenvalue weighted by atomic mass is 10.1. The highest BCUT2D eigenvalue weighted by Crippen LogP contribution is 2.35. The predicted molar refractivity (Wildman–Crippen MR) is 191 cm³/mol. The van der Waals surface area contributed by atoms with Crippen molar-refractivity contribution in [2.75, 3.05) is 76.7 Å². The van der Waals surface area contributed by atoms with Gasteiger partial charge in [-0.1, -0.05) is 43.6 Å². The normalized spacial score (nSPS) is 14.4. The minimum atomic E-state index is -4.64. The molecule has 3 aromatic carbocycles. The lowest BCUT2D eigenvalue weighted by Gasteiger charge is -2.24. The van der Waals surface area contributed by atoms with Crippen LogP contribution in [0.2, 0.25) is 5.02 Å². The van der Waals surface area contributed by atoms with E-state index in [1.807, 2.05) is 24.3 Å². The molecule has 4 rings (SSSR count). The molecular weight excluding hydrogens is 655 g/mol. The smallest absolute Gasteiger partial charge is 0.370 e. The maximum atomic E-state index is 13.5. The largest absolute Gasteiger partial charge is 0.417 e. The molecule has 49 heavy (non-hydrogen) atoms. The van der Waals surface area contributed by atoms with Crippen molar-refractivity contribution < 1.29 is 22.8 Å². The van der Waals surface area contributed by atoms with Crippen LogP contribution >= 0.6 is 11.6 Å². The highest BCUT2D eigenvalue weighted by Gasteiger charge is 2.33. The molecular formula is C36H45ClF3N7O2. The maximum Gasteiger partial charge on any atom is 0.417 e. The number of hydrogen-bond acceptors (Lipinski definition) is 7. The SMILES string of the molecule is CCN(CC)CCN(C)Cc1cccc(C(=O)Nc2ccc(N3CCCN(C)CC3)cc2C(=O)N/N=C/c2ccc(Cl)c(C(F)(F)F)c2)c1. The van der Waals surface area contributed by atoms with Gasteiger partial charge in [0.05, 0.1) is 28.1 Å². The fourth-order valence-corrected chi connectivity index (χ4v) is 5.87. The number of halogens is 4. The number of hydrazone groups is 1. The summed E-state index contributed by atoms with van der Waals surface area (Å²) in [5, 5.41) is 6.38. The second-order valence-corrected chi connectivity index (χ2v) is 12.6. The third-order valence-electron chi connectivity index (χ3n) is 8.59. The number of carbonyl (C=O) groups is 2. The molecule has 3 aromatic rings. The van der Waals surface area contributed by atoms with Gasteiger partial charge in [-0.2, -0.15) is 18.3 Å². The number of nitrogens with one attached hydrogen (secondary N) is 2. The van der Waals surface area contributed by atoms with Gasteiger partial charge in [-0.25, -0.2) is 5.43 Å². The molecule has 1 fully saturated rings. The Morgan fingerprint density at radius 3 is 2.47 bits per heavy atom. The highest BCUT2D eigenvalue weighted by atomic mass is 35.5. The Morgan fingerprint density at radius 1 is 0.959 bits per heavy atom. The van der Waals surface area contributed by atoms with Gasteiger partial charge in [0.25, 0.3) is 11.8 Å². The predicted octanol–water partition coefficient (Wildman–Crippen LogP) is 6.29. The number of rotatable bonds is 13. The quantitative estimate of drug-likeness (QED) is 0.161. The van der Waals surface area contributed by atoms with Crippen LogP contribution in [0.25, 0.3) is 0 Å². The molecule has 1 heterocycles. The van der Waals surface area contributed by atoms with Gasteiger partial charge in [-0.05, 0) is 93.7 Å². The summed E-state index contributed by atoms with van der Waals surface area (Å²) in [5.41, 5.74) is 4.20. The minimum absolute atomic E-state index is 0.103. The second-order valence-electron chi connectivity index (χ2n) is 12.2. The average Bonchev–Trinajstić information content (AvgIpc) is 3.29. The Morgan fingerprint density at radius 2 is 1.73 bits per heavy atom. The fraction of sp³-hybridized carbons (Fsp3) is 0.417. The molecule has 0 radical (unpaired) electrons. The lowest BCUT2D eigenvalue weighted by Crippen LogP contribution is -2.32. The van der Waals surface area contributed by atoms with Crippen molar-refractivity contribution in [2.45, 2.75) is 33.0 Å². The van der Waals surface area contributed by atoms with Crippen molar-refractivity contribution in [1.82, 2.24) is 20.1 Å². The van der Waals surface area contributed by atoms with Gasteiger partial charge in [-0.15, -0.1) is 0 Å². The van der Waals surface area contributed by atoms with Crippen LogP contribution < -0.4 is 15.6 Å². The summed E-state index contributed by atoms with van der Waals surface area (Å²) in [6.07, 6.45) is -2.58. The highest BCUT2D eigenvalue weighted by molar-refractivity contribution is 6.31. The first-order valence-corrected chi connectivity index (χ1v) is 16.8. The zero-order chi connectivity index (χ0) is 35.6. The van der Waals surface area contributed by atoms with Crippen LogP contribution in [0.4, 0.5) is 24.5 Å². The van der Waals surface area contributed by atoms with E-state index in [-0.39, 0.29) is 22.7 Å². The Kier molecular flexibility index (Phi) is 13.6. The number of likely N-dealkylation sites (N-methyl/N-ethyl adjacent to an activating group) is 3. The van der Waals surface area contributed by atoms with Crippen molar-refractivity contribution in [3.05, 3.63) is 93.5 Å². The van der Waals surface area contributed by atoms with Crippen molar-refractivity contribution in [3.8, 4) is 0 Å². The third-order valence-corrected chi connectivity index (χ3v) is 8.92. The van der Waals surface area contributed by atoms with E-state index in [4.69, 9.17) is 11.6 Å². The van der Waals surface area contributed by atoms with E-state index >= 15 is 0 Å². The van der Waals surface area contributed by atoms with E-state index in [1.165, 1.54) is 6.07 Å². The van der Waals surface area contributed by atoms with E-state index in [0.717, 1.165) is 88.4 Å². The number of hydrogen-bond donors (Lipinski definition) is 2. The van der Waals surface area contributed by atoms with Gasteiger partial charge >= 0.3 is 6.18 Å². The lowest BCUT2D eigenvalue weighted by molar-refractivity contribution is -0.137. The number of alkyl halides is 3. The topological polar surface area (TPSA) is 83.5 Å². The molecule has 0 atom stereocenters. The molecule has 2 amide bonds. The number of carbonyl (C=O) groups excluding carboxylic acids is 2. The van der Waals surface area contributed by atoms with Gasteiger partial charge in [0.15, 0.2) is 0 Å². The summed E-state index contributed by atoms with van der Waals surface area (Å²) in [6, 6.07) is 16.0. The molecule has 0 aromatic heterocycles. The Bertz CT molecular complexity index is 1610. The van der Waals surface area contributed by atoms with Gasteiger partial charge in [-0.3, -0.25) is 9.59 Å². The number of nitrogens with zero attached hydrogens (tertiary/aromatic N) is 5. The molecule has 1 aliphatic heterocycles. The molecule has 264 valence electrons. The summed E-state index contributed by atoms with van der Waals surface area (Å²) in [4.78, 5) is 36.0. The van der Waals surface area contributed by atoms with E-state index in [2.05, 4.69) is 63.4 Å². The molecule has 1 saturated heterocycles. The molecule has 0 aliphatic carbocycles. The van der Waals surface area contributed by atoms with Gasteiger partial charge < -0.3 is 24.9 Å². The van der Waals surface area contributed by atoms with Crippen LogP contribution in [-0.4, -0.2) is 99.2 Å². The van der Waals surface area contributed by atoms with Crippen LogP contribution in [0.15, 0.2) is 65.8 Å². The maximum absolute atomic E-state index is 13.5. The first kappa shape index (κ1) is 37.8. The average molecular weight is 700 g/mol. The second kappa shape index (κ2) is 17.6. The summed E-state index contributed by atoms with van der Waals surface area (Å²) in [6.45, 7) is 12.2. The van der Waals surface area contributed by atoms with E-state index in [1.54, 1.807) is 18.2 Å². The molecule has 0 unspecified atom stereocenters. The van der Waals surface area contributed by atoms with Gasteiger partial charge in [0.1, 0.15) is 0 Å².